The number of carbonyl (C=O) groups is 3. The van der Waals surface area contributed by atoms with Crippen LogP contribution in [0.15, 0.2) is 48.5 Å². The third-order valence-corrected chi connectivity index (χ3v) is 4.56. The molecule has 0 fully saturated rings. The number of hydrazine groups is 1. The van der Waals surface area contributed by atoms with Gasteiger partial charge in [-0.05, 0) is 42.3 Å². The van der Waals surface area contributed by atoms with Crippen molar-refractivity contribution >= 4 is 29.3 Å². The molecule has 0 saturated heterocycles. The molecular formula is C20H21ClFN3O3. The lowest BCUT2D eigenvalue weighted by Gasteiger charge is -2.23. The van der Waals surface area contributed by atoms with Crippen LogP contribution in [0.2, 0.25) is 5.02 Å². The Labute approximate surface area is 167 Å². The van der Waals surface area contributed by atoms with Gasteiger partial charge < -0.3 is 5.32 Å². The van der Waals surface area contributed by atoms with E-state index in [0.717, 1.165) is 6.07 Å². The summed E-state index contributed by atoms with van der Waals surface area (Å²) >= 11 is 5.82. The number of nitrogens with one attached hydrogen (secondary N) is 3. The van der Waals surface area contributed by atoms with E-state index >= 15 is 0 Å². The van der Waals surface area contributed by atoms with Crippen molar-refractivity contribution in [3.8, 4) is 0 Å². The zero-order valence-electron chi connectivity index (χ0n) is 15.5. The van der Waals surface area contributed by atoms with Crippen LogP contribution >= 0.6 is 11.6 Å². The summed E-state index contributed by atoms with van der Waals surface area (Å²) in [4.78, 5) is 37.0. The molecule has 0 radical (unpaired) electrons. The standard InChI is InChI=1S/C20H21ClFN3O3/c1-3-12(2)17(23-18(26)13-8-10-14(21)11-9-13)20(28)25-24-19(27)15-6-4-5-7-16(15)22/h4-12,17H,3H2,1-2H3,(H,23,26)(H,24,27)(H,25,28). The quantitative estimate of drug-likeness (QED) is 0.645. The van der Waals surface area contributed by atoms with Gasteiger partial charge in [-0.25, -0.2) is 4.39 Å². The number of carbonyl (C=O) groups excluding carboxylic acids is 3. The average Bonchev–Trinajstić information content (AvgIpc) is 2.70. The molecule has 0 aliphatic rings. The van der Waals surface area contributed by atoms with Crippen LogP contribution in [0, 0.1) is 11.7 Å². The fourth-order valence-corrected chi connectivity index (χ4v) is 2.56. The van der Waals surface area contributed by atoms with Gasteiger partial charge in [0.1, 0.15) is 11.9 Å². The van der Waals surface area contributed by atoms with Gasteiger partial charge in [0.15, 0.2) is 0 Å². The molecule has 0 heterocycles. The lowest BCUT2D eigenvalue weighted by molar-refractivity contribution is -0.124. The van der Waals surface area contributed by atoms with Crippen molar-refractivity contribution in [1.82, 2.24) is 16.2 Å². The third kappa shape index (κ3) is 5.53. The molecule has 0 aliphatic heterocycles. The van der Waals surface area contributed by atoms with Gasteiger partial charge >= 0.3 is 0 Å². The first kappa shape index (κ1) is 21.4. The minimum absolute atomic E-state index is 0.201. The minimum atomic E-state index is -0.894. The summed E-state index contributed by atoms with van der Waals surface area (Å²) in [6, 6.07) is 10.7. The predicted molar refractivity (Wildman–Crippen MR) is 104 cm³/mol. The highest BCUT2D eigenvalue weighted by molar-refractivity contribution is 6.30. The number of hydrogen-bond acceptors (Lipinski definition) is 3. The lowest BCUT2D eigenvalue weighted by atomic mass is 9.98. The Balaban J connectivity index is 2.04. The van der Waals surface area contributed by atoms with Crippen molar-refractivity contribution < 1.29 is 18.8 Å². The maximum atomic E-state index is 13.7. The van der Waals surface area contributed by atoms with E-state index in [1.54, 1.807) is 31.2 Å². The van der Waals surface area contributed by atoms with Crippen LogP contribution < -0.4 is 16.2 Å². The first-order chi connectivity index (χ1) is 13.3. The first-order valence-corrected chi connectivity index (χ1v) is 9.12. The van der Waals surface area contributed by atoms with Crippen LogP contribution in [0.4, 0.5) is 4.39 Å². The minimum Gasteiger partial charge on any atom is -0.340 e. The van der Waals surface area contributed by atoms with Gasteiger partial charge in [-0.3, -0.25) is 25.2 Å². The maximum Gasteiger partial charge on any atom is 0.272 e. The van der Waals surface area contributed by atoms with E-state index in [0.29, 0.717) is 17.0 Å². The molecule has 6 nitrogen and oxygen atoms in total. The molecule has 8 heteroatoms. The van der Waals surface area contributed by atoms with Crippen LogP contribution in [-0.4, -0.2) is 23.8 Å². The summed E-state index contributed by atoms with van der Waals surface area (Å²) in [6.07, 6.45) is 0.611. The summed E-state index contributed by atoms with van der Waals surface area (Å²) in [7, 11) is 0. The van der Waals surface area contributed by atoms with Crippen molar-refractivity contribution in [3.05, 3.63) is 70.5 Å². The van der Waals surface area contributed by atoms with E-state index in [2.05, 4.69) is 16.2 Å². The molecule has 0 bridgehead atoms. The maximum absolute atomic E-state index is 13.7. The highest BCUT2D eigenvalue weighted by Crippen LogP contribution is 2.12. The molecule has 0 aromatic heterocycles. The molecule has 2 atom stereocenters. The number of rotatable bonds is 6. The van der Waals surface area contributed by atoms with Gasteiger partial charge in [0.2, 0.25) is 0 Å². The average molecular weight is 406 g/mol. The summed E-state index contributed by atoms with van der Waals surface area (Å²) in [5.41, 5.74) is 4.57. The molecule has 0 aliphatic carbocycles. The van der Waals surface area contributed by atoms with E-state index in [-0.39, 0.29) is 11.5 Å². The molecular weight excluding hydrogens is 385 g/mol. The first-order valence-electron chi connectivity index (χ1n) is 8.74. The van der Waals surface area contributed by atoms with Crippen molar-refractivity contribution in [2.45, 2.75) is 26.3 Å². The van der Waals surface area contributed by atoms with E-state index in [1.165, 1.54) is 18.2 Å². The SMILES string of the molecule is CCC(C)C(NC(=O)c1ccc(Cl)cc1)C(=O)NNC(=O)c1ccccc1F. The Kier molecular flexibility index (Phi) is 7.52. The molecule has 0 spiro atoms. The Morgan fingerprint density at radius 1 is 1.00 bits per heavy atom. The lowest BCUT2D eigenvalue weighted by Crippen LogP contribution is -2.54. The van der Waals surface area contributed by atoms with Gasteiger partial charge in [0, 0.05) is 10.6 Å². The van der Waals surface area contributed by atoms with Crippen molar-refractivity contribution in [2.75, 3.05) is 0 Å². The van der Waals surface area contributed by atoms with Gasteiger partial charge in [-0.15, -0.1) is 0 Å². The zero-order chi connectivity index (χ0) is 20.7. The molecule has 3 amide bonds. The number of hydrogen-bond donors (Lipinski definition) is 3. The smallest absolute Gasteiger partial charge is 0.272 e. The fourth-order valence-electron chi connectivity index (χ4n) is 2.44. The molecule has 2 aromatic carbocycles. The van der Waals surface area contributed by atoms with E-state index < -0.39 is 29.6 Å². The van der Waals surface area contributed by atoms with Crippen LogP contribution in [0.1, 0.15) is 41.0 Å². The monoisotopic (exact) mass is 405 g/mol. The van der Waals surface area contributed by atoms with Gasteiger partial charge in [0.05, 0.1) is 5.56 Å². The van der Waals surface area contributed by atoms with Crippen molar-refractivity contribution in [3.63, 3.8) is 0 Å². The molecule has 3 N–H and O–H groups in total. The Morgan fingerprint density at radius 2 is 1.64 bits per heavy atom. The van der Waals surface area contributed by atoms with Crippen LogP contribution in [0.5, 0.6) is 0 Å². The molecule has 0 saturated carbocycles. The second-order valence-electron chi connectivity index (χ2n) is 6.27. The van der Waals surface area contributed by atoms with Gasteiger partial charge in [-0.1, -0.05) is 44.0 Å². The van der Waals surface area contributed by atoms with Gasteiger partial charge in [-0.2, -0.15) is 0 Å². The van der Waals surface area contributed by atoms with E-state index in [9.17, 15) is 18.8 Å². The fraction of sp³-hybridized carbons (Fsp3) is 0.250. The third-order valence-electron chi connectivity index (χ3n) is 4.31. The van der Waals surface area contributed by atoms with Crippen LogP contribution in [-0.2, 0) is 4.79 Å². The highest BCUT2D eigenvalue weighted by Gasteiger charge is 2.27. The largest absolute Gasteiger partial charge is 0.340 e. The Hall–Kier alpha value is -2.93. The Morgan fingerprint density at radius 3 is 2.25 bits per heavy atom. The molecule has 28 heavy (non-hydrogen) atoms. The predicted octanol–water partition coefficient (Wildman–Crippen LogP) is 3.08. The summed E-state index contributed by atoms with van der Waals surface area (Å²) in [5, 5.41) is 3.15. The molecule has 2 aromatic rings. The molecule has 148 valence electrons. The number of halogens is 2. The van der Waals surface area contributed by atoms with Crippen molar-refractivity contribution in [2.24, 2.45) is 5.92 Å². The molecule has 2 unspecified atom stereocenters. The zero-order valence-corrected chi connectivity index (χ0v) is 16.2. The van der Waals surface area contributed by atoms with Crippen LogP contribution in [0.25, 0.3) is 0 Å². The summed E-state index contributed by atoms with van der Waals surface area (Å²) < 4.78 is 13.7. The van der Waals surface area contributed by atoms with E-state index in [4.69, 9.17) is 11.6 Å². The normalized spacial score (nSPS) is 12.6. The second-order valence-corrected chi connectivity index (χ2v) is 6.70. The summed E-state index contributed by atoms with van der Waals surface area (Å²) in [5.74, 6) is -2.76. The topological polar surface area (TPSA) is 87.3 Å². The van der Waals surface area contributed by atoms with E-state index in [1.807, 2.05) is 6.92 Å². The summed E-state index contributed by atoms with van der Waals surface area (Å²) in [6.45, 7) is 3.67. The number of amides is 3. The van der Waals surface area contributed by atoms with Crippen LogP contribution in [0.3, 0.4) is 0 Å². The number of benzene rings is 2. The van der Waals surface area contributed by atoms with Gasteiger partial charge in [0.25, 0.3) is 17.7 Å². The Bertz CT molecular complexity index is 858. The highest BCUT2D eigenvalue weighted by atomic mass is 35.5. The second kappa shape index (κ2) is 9.85. The molecule has 2 rings (SSSR count). The van der Waals surface area contributed by atoms with Crippen molar-refractivity contribution in [1.29, 1.82) is 0 Å².